The Morgan fingerprint density at radius 3 is 2.74 bits per heavy atom. The van der Waals surface area contributed by atoms with Crippen LogP contribution in [-0.2, 0) is 11.3 Å². The van der Waals surface area contributed by atoms with E-state index in [0.717, 1.165) is 16.9 Å². The van der Waals surface area contributed by atoms with E-state index in [1.807, 2.05) is 36.4 Å². The number of benzene rings is 1. The molecule has 6 nitrogen and oxygen atoms in total. The van der Waals surface area contributed by atoms with Gasteiger partial charge in [-0.25, -0.2) is 9.78 Å². The first kappa shape index (κ1) is 17.1. The number of aryl methyl sites for hydroxylation is 1. The number of aromatic nitrogens is 3. The number of carbonyl (C=O) groups excluding carboxylic acids is 1. The zero-order chi connectivity index (χ0) is 18.8. The van der Waals surface area contributed by atoms with Crippen molar-refractivity contribution >= 4 is 27.5 Å². The Balaban J connectivity index is 1.68. The Labute approximate surface area is 158 Å². The van der Waals surface area contributed by atoms with E-state index in [2.05, 4.69) is 15.0 Å². The van der Waals surface area contributed by atoms with Crippen molar-refractivity contribution in [1.29, 1.82) is 0 Å². The van der Waals surface area contributed by atoms with Crippen molar-refractivity contribution in [2.75, 3.05) is 0 Å². The predicted molar refractivity (Wildman–Crippen MR) is 104 cm³/mol. The van der Waals surface area contributed by atoms with Crippen LogP contribution in [0, 0.1) is 6.92 Å². The van der Waals surface area contributed by atoms with Crippen molar-refractivity contribution in [3.63, 3.8) is 0 Å². The van der Waals surface area contributed by atoms with E-state index in [4.69, 9.17) is 4.74 Å². The highest BCUT2D eigenvalue weighted by atomic mass is 32.1. The molecule has 0 saturated heterocycles. The van der Waals surface area contributed by atoms with E-state index in [9.17, 15) is 9.59 Å². The number of nitrogens with one attached hydrogen (secondary N) is 1. The van der Waals surface area contributed by atoms with Crippen molar-refractivity contribution in [1.82, 2.24) is 15.0 Å². The fraction of sp³-hybridized carbons (Fsp3) is 0.100. The minimum Gasteiger partial charge on any atom is -0.457 e. The molecule has 7 heteroatoms. The minimum absolute atomic E-state index is 0.179. The van der Waals surface area contributed by atoms with Crippen LogP contribution >= 0.6 is 11.3 Å². The average molecular weight is 377 g/mol. The minimum atomic E-state index is -0.457. The highest BCUT2D eigenvalue weighted by molar-refractivity contribution is 7.20. The molecule has 3 heterocycles. The molecule has 4 rings (SSSR count). The van der Waals surface area contributed by atoms with Gasteiger partial charge < -0.3 is 9.72 Å². The van der Waals surface area contributed by atoms with Crippen molar-refractivity contribution in [2.24, 2.45) is 0 Å². The lowest BCUT2D eigenvalue weighted by molar-refractivity contribution is 0.0478. The van der Waals surface area contributed by atoms with Gasteiger partial charge in [0.25, 0.3) is 5.56 Å². The number of carbonyl (C=O) groups is 1. The van der Waals surface area contributed by atoms with Crippen molar-refractivity contribution in [3.8, 4) is 11.4 Å². The zero-order valence-corrected chi connectivity index (χ0v) is 15.2. The Morgan fingerprint density at radius 1 is 1.19 bits per heavy atom. The Kier molecular flexibility index (Phi) is 4.52. The van der Waals surface area contributed by atoms with E-state index in [0.29, 0.717) is 32.0 Å². The molecule has 0 spiro atoms. The molecule has 0 radical (unpaired) electrons. The van der Waals surface area contributed by atoms with Gasteiger partial charge in [-0.15, -0.1) is 11.3 Å². The average Bonchev–Trinajstić information content (AvgIpc) is 3.04. The van der Waals surface area contributed by atoms with Gasteiger partial charge in [-0.3, -0.25) is 9.78 Å². The van der Waals surface area contributed by atoms with Crippen LogP contribution in [0.15, 0.2) is 59.7 Å². The number of thiophene rings is 1. The standard InChI is InChI=1S/C20H15N3O3S/c1-12-15-18(24)22-17(14-8-5-9-21-10-14)23-19(15)27-16(12)20(25)26-11-13-6-3-2-4-7-13/h2-10H,11H2,1H3,(H,22,23,24). The van der Waals surface area contributed by atoms with Gasteiger partial charge in [0, 0.05) is 18.0 Å². The number of esters is 1. The number of hydrogen-bond donors (Lipinski definition) is 1. The number of nitrogens with zero attached hydrogens (tertiary/aromatic N) is 2. The summed E-state index contributed by atoms with van der Waals surface area (Å²) in [5.41, 5.74) is 1.91. The summed E-state index contributed by atoms with van der Waals surface area (Å²) in [4.78, 5) is 37.3. The van der Waals surface area contributed by atoms with Gasteiger partial charge in [-0.2, -0.15) is 0 Å². The molecule has 0 aliphatic carbocycles. The molecule has 3 aromatic heterocycles. The summed E-state index contributed by atoms with van der Waals surface area (Å²) in [6.45, 7) is 1.91. The fourth-order valence-electron chi connectivity index (χ4n) is 2.77. The summed E-state index contributed by atoms with van der Waals surface area (Å²) in [6.07, 6.45) is 3.27. The van der Waals surface area contributed by atoms with Crippen LogP contribution in [0.3, 0.4) is 0 Å². The lowest BCUT2D eigenvalue weighted by atomic mass is 10.2. The van der Waals surface area contributed by atoms with Crippen molar-refractivity contribution < 1.29 is 9.53 Å². The molecule has 0 amide bonds. The molecule has 4 aromatic rings. The summed E-state index contributed by atoms with van der Waals surface area (Å²) in [5.74, 6) is -0.0345. The van der Waals surface area contributed by atoms with E-state index in [-0.39, 0.29) is 12.2 Å². The molecule has 0 aliphatic heterocycles. The normalized spacial score (nSPS) is 10.9. The van der Waals surface area contributed by atoms with Crippen LogP contribution in [-0.4, -0.2) is 20.9 Å². The van der Waals surface area contributed by atoms with Crippen LogP contribution in [0.25, 0.3) is 21.6 Å². The smallest absolute Gasteiger partial charge is 0.349 e. The second-order valence-corrected chi connectivity index (χ2v) is 6.95. The molecular formula is C20H15N3O3S. The van der Waals surface area contributed by atoms with Crippen molar-refractivity contribution in [2.45, 2.75) is 13.5 Å². The monoisotopic (exact) mass is 377 g/mol. The zero-order valence-electron chi connectivity index (χ0n) is 14.4. The Morgan fingerprint density at radius 2 is 2.00 bits per heavy atom. The molecule has 27 heavy (non-hydrogen) atoms. The van der Waals surface area contributed by atoms with Gasteiger partial charge in [0.1, 0.15) is 22.1 Å². The number of aromatic amines is 1. The van der Waals surface area contributed by atoms with Crippen LogP contribution in [0.1, 0.15) is 20.8 Å². The maximum Gasteiger partial charge on any atom is 0.349 e. The molecular weight excluding hydrogens is 362 g/mol. The second kappa shape index (κ2) is 7.13. The van der Waals surface area contributed by atoms with Gasteiger partial charge in [0.2, 0.25) is 0 Å². The largest absolute Gasteiger partial charge is 0.457 e. The quantitative estimate of drug-likeness (QED) is 0.548. The highest BCUT2D eigenvalue weighted by Gasteiger charge is 2.20. The first-order valence-corrected chi connectivity index (χ1v) is 9.10. The molecule has 0 aliphatic rings. The molecule has 134 valence electrons. The topological polar surface area (TPSA) is 84.9 Å². The highest BCUT2D eigenvalue weighted by Crippen LogP contribution is 2.29. The molecule has 0 atom stereocenters. The van der Waals surface area contributed by atoms with Gasteiger partial charge >= 0.3 is 5.97 Å². The maximum absolute atomic E-state index is 12.5. The summed E-state index contributed by atoms with van der Waals surface area (Å²) in [6, 6.07) is 13.0. The van der Waals surface area contributed by atoms with Crippen LogP contribution in [0.4, 0.5) is 0 Å². The van der Waals surface area contributed by atoms with Gasteiger partial charge in [-0.05, 0) is 30.2 Å². The maximum atomic E-state index is 12.5. The van der Waals surface area contributed by atoms with Gasteiger partial charge in [-0.1, -0.05) is 30.3 Å². The van der Waals surface area contributed by atoms with E-state index in [1.165, 1.54) is 0 Å². The van der Waals surface area contributed by atoms with Gasteiger partial charge in [0.05, 0.1) is 5.39 Å². The number of ether oxygens (including phenoxy) is 1. The Hall–Kier alpha value is -3.32. The molecule has 1 aromatic carbocycles. The second-order valence-electron chi connectivity index (χ2n) is 5.95. The van der Waals surface area contributed by atoms with Crippen molar-refractivity contribution in [3.05, 3.63) is 81.2 Å². The lowest BCUT2D eigenvalue weighted by Crippen LogP contribution is -2.10. The third-order valence-electron chi connectivity index (χ3n) is 4.13. The molecule has 0 bridgehead atoms. The van der Waals surface area contributed by atoms with Crippen LogP contribution in [0.5, 0.6) is 0 Å². The summed E-state index contributed by atoms with van der Waals surface area (Å²) < 4.78 is 5.40. The number of fused-ring (bicyclic) bond motifs is 1. The predicted octanol–water partition coefficient (Wildman–Crippen LogP) is 3.71. The van der Waals surface area contributed by atoms with E-state index < -0.39 is 5.97 Å². The van der Waals surface area contributed by atoms with Crippen LogP contribution in [0.2, 0.25) is 0 Å². The molecule has 0 saturated carbocycles. The van der Waals surface area contributed by atoms with E-state index >= 15 is 0 Å². The molecule has 0 fully saturated rings. The molecule has 0 unspecified atom stereocenters. The Bertz CT molecular complexity index is 1170. The summed E-state index contributed by atoms with van der Waals surface area (Å²) in [5, 5.41) is 0.416. The SMILES string of the molecule is Cc1c(C(=O)OCc2ccccc2)sc2nc(-c3cccnc3)[nH]c(=O)c12. The molecule has 1 N–H and O–H groups in total. The third kappa shape index (κ3) is 3.37. The number of H-pyrrole nitrogens is 1. The third-order valence-corrected chi connectivity index (χ3v) is 5.30. The summed E-state index contributed by atoms with van der Waals surface area (Å²) >= 11 is 1.16. The van der Waals surface area contributed by atoms with Gasteiger partial charge in [0.15, 0.2) is 0 Å². The summed E-state index contributed by atoms with van der Waals surface area (Å²) in [7, 11) is 0. The fourth-order valence-corrected chi connectivity index (χ4v) is 3.84. The van der Waals surface area contributed by atoms with E-state index in [1.54, 1.807) is 25.4 Å². The first-order valence-electron chi connectivity index (χ1n) is 8.28. The van der Waals surface area contributed by atoms with Crippen LogP contribution < -0.4 is 5.56 Å². The number of rotatable bonds is 4. The number of hydrogen-bond acceptors (Lipinski definition) is 6. The lowest BCUT2D eigenvalue weighted by Gasteiger charge is -2.03. The first-order chi connectivity index (χ1) is 13.1. The number of pyridine rings is 1.